The molecule has 1 aliphatic carbocycles. The second kappa shape index (κ2) is 6.11. The molecule has 0 aliphatic heterocycles. The van der Waals surface area contributed by atoms with Crippen LogP contribution in [0.3, 0.4) is 0 Å². The van der Waals surface area contributed by atoms with Gasteiger partial charge in [0.1, 0.15) is 11.3 Å². The zero-order valence-corrected chi connectivity index (χ0v) is 12.4. The predicted octanol–water partition coefficient (Wildman–Crippen LogP) is 2.83. The molecule has 2 N–H and O–H groups in total. The van der Waals surface area contributed by atoms with Gasteiger partial charge in [-0.05, 0) is 30.9 Å². The minimum Gasteiger partial charge on any atom is -0.393 e. The summed E-state index contributed by atoms with van der Waals surface area (Å²) in [7, 11) is 1.72. The van der Waals surface area contributed by atoms with Gasteiger partial charge in [0.15, 0.2) is 0 Å². The molecule has 0 heterocycles. The first-order chi connectivity index (χ1) is 9.93. The SMILES string of the molecule is CC1CCCCC1N(C)C(=O)c1cccc(N)c1[N+](=O)[O-]. The lowest BCUT2D eigenvalue weighted by Gasteiger charge is -2.36. The lowest BCUT2D eigenvalue weighted by Crippen LogP contribution is -2.42. The molecule has 0 saturated heterocycles. The van der Waals surface area contributed by atoms with Crippen LogP contribution in [0, 0.1) is 16.0 Å². The highest BCUT2D eigenvalue weighted by molar-refractivity contribution is 6.00. The third-order valence-corrected chi connectivity index (χ3v) is 4.36. The van der Waals surface area contributed by atoms with Gasteiger partial charge in [0, 0.05) is 13.1 Å². The van der Waals surface area contributed by atoms with Gasteiger partial charge in [0.05, 0.1) is 4.92 Å². The number of rotatable bonds is 3. The van der Waals surface area contributed by atoms with E-state index in [-0.39, 0.29) is 28.9 Å². The van der Waals surface area contributed by atoms with Crippen LogP contribution in [0.2, 0.25) is 0 Å². The molecule has 1 saturated carbocycles. The number of benzene rings is 1. The summed E-state index contributed by atoms with van der Waals surface area (Å²) in [6, 6.07) is 4.62. The molecular weight excluding hydrogens is 270 g/mol. The van der Waals surface area contributed by atoms with Gasteiger partial charge in [-0.3, -0.25) is 14.9 Å². The summed E-state index contributed by atoms with van der Waals surface area (Å²) in [5.41, 5.74) is 5.45. The molecule has 2 atom stereocenters. The van der Waals surface area contributed by atoms with Crippen LogP contribution in [0.25, 0.3) is 0 Å². The molecule has 1 aromatic carbocycles. The molecule has 114 valence electrons. The highest BCUT2D eigenvalue weighted by Crippen LogP contribution is 2.31. The Morgan fingerprint density at radius 3 is 2.67 bits per heavy atom. The molecule has 1 aromatic rings. The van der Waals surface area contributed by atoms with Crippen LogP contribution in [0.5, 0.6) is 0 Å². The van der Waals surface area contributed by atoms with E-state index in [9.17, 15) is 14.9 Å². The minimum atomic E-state index is -0.583. The van der Waals surface area contributed by atoms with Gasteiger partial charge in [-0.1, -0.05) is 25.8 Å². The van der Waals surface area contributed by atoms with E-state index in [4.69, 9.17) is 5.73 Å². The Balaban J connectivity index is 2.31. The van der Waals surface area contributed by atoms with Crippen LogP contribution in [0.15, 0.2) is 18.2 Å². The lowest BCUT2D eigenvalue weighted by molar-refractivity contribution is -0.384. The van der Waals surface area contributed by atoms with Gasteiger partial charge in [-0.2, -0.15) is 0 Å². The summed E-state index contributed by atoms with van der Waals surface area (Å²) in [5.74, 6) is 0.0839. The number of nitro benzene ring substituents is 1. The molecule has 2 unspecified atom stereocenters. The van der Waals surface area contributed by atoms with Gasteiger partial charge < -0.3 is 10.6 Å². The van der Waals surface area contributed by atoms with E-state index in [2.05, 4.69) is 6.92 Å². The average Bonchev–Trinajstić information content (AvgIpc) is 2.45. The Bertz CT molecular complexity index is 559. The molecule has 0 radical (unpaired) electrons. The maximum Gasteiger partial charge on any atom is 0.304 e. The molecule has 6 heteroatoms. The van der Waals surface area contributed by atoms with Crippen molar-refractivity contribution in [1.82, 2.24) is 4.90 Å². The second-order valence-corrected chi connectivity index (χ2v) is 5.75. The Morgan fingerprint density at radius 2 is 2.05 bits per heavy atom. The normalized spacial score (nSPS) is 21.8. The zero-order valence-electron chi connectivity index (χ0n) is 12.4. The molecule has 2 rings (SSSR count). The van der Waals surface area contributed by atoms with Crippen LogP contribution in [0.1, 0.15) is 43.0 Å². The van der Waals surface area contributed by atoms with Crippen molar-refractivity contribution in [2.24, 2.45) is 5.92 Å². The number of nitrogens with two attached hydrogens (primary N) is 1. The molecule has 21 heavy (non-hydrogen) atoms. The number of carbonyl (C=O) groups is 1. The largest absolute Gasteiger partial charge is 0.393 e. The number of para-hydroxylation sites is 1. The smallest absolute Gasteiger partial charge is 0.304 e. The van der Waals surface area contributed by atoms with Crippen molar-refractivity contribution in [2.45, 2.75) is 38.6 Å². The van der Waals surface area contributed by atoms with Crippen molar-refractivity contribution in [2.75, 3.05) is 12.8 Å². The predicted molar refractivity (Wildman–Crippen MR) is 81.0 cm³/mol. The Morgan fingerprint density at radius 1 is 1.38 bits per heavy atom. The molecule has 1 amide bonds. The second-order valence-electron chi connectivity index (χ2n) is 5.75. The summed E-state index contributed by atoms with van der Waals surface area (Å²) in [4.78, 5) is 24.9. The number of nitro groups is 1. The maximum absolute atomic E-state index is 12.6. The van der Waals surface area contributed by atoms with Crippen molar-refractivity contribution in [3.63, 3.8) is 0 Å². The standard InChI is InChI=1S/C15H21N3O3/c1-10-6-3-4-9-13(10)17(2)15(19)11-7-5-8-12(16)14(11)18(20)21/h5,7-8,10,13H,3-4,6,9,16H2,1-2H3. The van der Waals surface area contributed by atoms with Crippen molar-refractivity contribution in [3.8, 4) is 0 Å². The first kappa shape index (κ1) is 15.3. The molecular formula is C15H21N3O3. The summed E-state index contributed by atoms with van der Waals surface area (Å²) < 4.78 is 0. The summed E-state index contributed by atoms with van der Waals surface area (Å²) in [5, 5.41) is 11.2. The molecule has 0 bridgehead atoms. The summed E-state index contributed by atoms with van der Waals surface area (Å²) >= 11 is 0. The van der Waals surface area contributed by atoms with E-state index < -0.39 is 4.92 Å². The molecule has 0 spiro atoms. The number of amides is 1. The number of anilines is 1. The maximum atomic E-state index is 12.6. The third-order valence-electron chi connectivity index (χ3n) is 4.36. The summed E-state index contributed by atoms with van der Waals surface area (Å²) in [6.07, 6.45) is 4.30. The molecule has 1 fully saturated rings. The van der Waals surface area contributed by atoms with E-state index in [1.807, 2.05) is 0 Å². The number of hydrogen-bond acceptors (Lipinski definition) is 4. The molecule has 6 nitrogen and oxygen atoms in total. The Hall–Kier alpha value is -2.11. The van der Waals surface area contributed by atoms with Crippen molar-refractivity contribution in [3.05, 3.63) is 33.9 Å². The van der Waals surface area contributed by atoms with Crippen LogP contribution in [-0.2, 0) is 0 Å². The first-order valence-corrected chi connectivity index (χ1v) is 7.23. The van der Waals surface area contributed by atoms with E-state index in [0.29, 0.717) is 5.92 Å². The monoisotopic (exact) mass is 291 g/mol. The van der Waals surface area contributed by atoms with Crippen LogP contribution in [0.4, 0.5) is 11.4 Å². The van der Waals surface area contributed by atoms with Crippen LogP contribution >= 0.6 is 0 Å². The van der Waals surface area contributed by atoms with Crippen molar-refractivity contribution in [1.29, 1.82) is 0 Å². The summed E-state index contributed by atoms with van der Waals surface area (Å²) in [6.45, 7) is 2.13. The average molecular weight is 291 g/mol. The molecule has 0 aromatic heterocycles. The van der Waals surface area contributed by atoms with Crippen LogP contribution < -0.4 is 5.73 Å². The van der Waals surface area contributed by atoms with E-state index in [0.717, 1.165) is 19.3 Å². The quantitative estimate of drug-likeness (QED) is 0.527. The lowest BCUT2D eigenvalue weighted by atomic mass is 9.85. The van der Waals surface area contributed by atoms with Gasteiger partial charge >= 0.3 is 5.69 Å². The fourth-order valence-corrected chi connectivity index (χ4v) is 3.15. The molecule has 1 aliphatic rings. The van der Waals surface area contributed by atoms with E-state index in [1.165, 1.54) is 18.6 Å². The van der Waals surface area contributed by atoms with Gasteiger partial charge in [0.2, 0.25) is 0 Å². The highest BCUT2D eigenvalue weighted by atomic mass is 16.6. The van der Waals surface area contributed by atoms with E-state index in [1.54, 1.807) is 18.0 Å². The zero-order chi connectivity index (χ0) is 15.6. The highest BCUT2D eigenvalue weighted by Gasteiger charge is 2.32. The fourth-order valence-electron chi connectivity index (χ4n) is 3.15. The number of nitrogens with zero attached hydrogens (tertiary/aromatic N) is 2. The minimum absolute atomic E-state index is 0.0240. The first-order valence-electron chi connectivity index (χ1n) is 7.23. The van der Waals surface area contributed by atoms with E-state index >= 15 is 0 Å². The van der Waals surface area contributed by atoms with Gasteiger partial charge in [0.25, 0.3) is 5.91 Å². The third kappa shape index (κ3) is 2.99. The Labute approximate surface area is 124 Å². The number of carbonyl (C=O) groups excluding carboxylic acids is 1. The topological polar surface area (TPSA) is 89.5 Å². The van der Waals surface area contributed by atoms with Crippen LogP contribution in [-0.4, -0.2) is 28.8 Å². The van der Waals surface area contributed by atoms with Gasteiger partial charge in [-0.25, -0.2) is 0 Å². The number of hydrogen-bond donors (Lipinski definition) is 1. The van der Waals surface area contributed by atoms with Crippen molar-refractivity contribution < 1.29 is 9.72 Å². The Kier molecular flexibility index (Phi) is 4.45. The fraction of sp³-hybridized carbons (Fsp3) is 0.533. The van der Waals surface area contributed by atoms with Crippen molar-refractivity contribution >= 4 is 17.3 Å². The number of nitrogen functional groups attached to an aromatic ring is 1. The van der Waals surface area contributed by atoms with Gasteiger partial charge in [-0.15, -0.1) is 0 Å².